The smallest absolute Gasteiger partial charge is 0.243 e. The summed E-state index contributed by atoms with van der Waals surface area (Å²) in [6, 6.07) is 14.8. The molecule has 1 fully saturated rings. The predicted molar refractivity (Wildman–Crippen MR) is 85.7 cm³/mol. The van der Waals surface area contributed by atoms with E-state index in [1.165, 1.54) is 4.90 Å². The molecule has 1 unspecified atom stereocenters. The molecule has 131 valence electrons. The number of carbonyl (C=O) groups excluding carboxylic acids is 2. The van der Waals surface area contributed by atoms with E-state index in [0.717, 1.165) is 10.8 Å². The van der Waals surface area contributed by atoms with Crippen molar-refractivity contribution in [2.24, 2.45) is 0 Å². The van der Waals surface area contributed by atoms with Crippen molar-refractivity contribution in [1.82, 2.24) is 10.2 Å². The first-order chi connectivity index (χ1) is 11.6. The van der Waals surface area contributed by atoms with Crippen LogP contribution in [0.25, 0.3) is 10.8 Å². The van der Waals surface area contributed by atoms with E-state index < -0.39 is 24.0 Å². The van der Waals surface area contributed by atoms with Gasteiger partial charge in [0.25, 0.3) is 0 Å². The fourth-order valence-corrected chi connectivity index (χ4v) is 2.89. The maximum absolute atomic E-state index is 13.4. The third kappa shape index (κ3) is 3.98. The van der Waals surface area contributed by atoms with Crippen LogP contribution < -0.4 is 5.32 Å². The molecule has 1 saturated heterocycles. The molecule has 0 bridgehead atoms. The predicted octanol–water partition coefficient (Wildman–Crippen LogP) is 1.83. The summed E-state index contributed by atoms with van der Waals surface area (Å²) in [6.07, 6.45) is -1.17. The Morgan fingerprint density at radius 3 is 2.92 bits per heavy atom. The SMILES string of the molecule is N#C[C@@H]1CC(F)CN1C(=O)CNC(=O)c1cccc2[c-]cccc12.[Co]. The maximum Gasteiger partial charge on any atom is 0.243 e. The second-order valence-corrected chi connectivity index (χ2v) is 5.64. The van der Waals surface area contributed by atoms with Crippen LogP contribution in [0, 0.1) is 17.4 Å². The van der Waals surface area contributed by atoms with Crippen LogP contribution in [0.2, 0.25) is 0 Å². The Labute approximate surface area is 155 Å². The molecule has 5 nitrogen and oxygen atoms in total. The molecule has 1 N–H and O–H groups in total. The quantitative estimate of drug-likeness (QED) is 0.822. The van der Waals surface area contributed by atoms with Crippen molar-refractivity contribution in [3.63, 3.8) is 0 Å². The number of hydrogen-bond donors (Lipinski definition) is 1. The van der Waals surface area contributed by atoms with E-state index in [1.54, 1.807) is 24.3 Å². The van der Waals surface area contributed by atoms with E-state index in [-0.39, 0.29) is 36.3 Å². The zero-order valence-corrected chi connectivity index (χ0v) is 14.2. The number of carbonyl (C=O) groups is 2. The molecule has 0 aliphatic carbocycles. The minimum Gasteiger partial charge on any atom is -0.344 e. The summed E-state index contributed by atoms with van der Waals surface area (Å²) >= 11 is 0. The molecule has 2 atom stereocenters. The molecule has 1 aliphatic heterocycles. The Morgan fingerprint density at radius 1 is 1.36 bits per heavy atom. The van der Waals surface area contributed by atoms with Crippen LogP contribution in [0.4, 0.5) is 4.39 Å². The molecule has 0 saturated carbocycles. The van der Waals surface area contributed by atoms with E-state index >= 15 is 0 Å². The summed E-state index contributed by atoms with van der Waals surface area (Å²) in [4.78, 5) is 25.7. The molecule has 2 amide bonds. The van der Waals surface area contributed by atoms with Gasteiger partial charge in [-0.3, -0.25) is 9.59 Å². The van der Waals surface area contributed by atoms with Crippen LogP contribution in [-0.4, -0.2) is 42.0 Å². The van der Waals surface area contributed by atoms with Gasteiger partial charge in [-0.2, -0.15) is 5.26 Å². The van der Waals surface area contributed by atoms with Gasteiger partial charge in [-0.15, -0.1) is 41.8 Å². The van der Waals surface area contributed by atoms with Gasteiger partial charge in [0.1, 0.15) is 12.2 Å². The second kappa shape index (κ2) is 8.10. The molecule has 2 aromatic rings. The number of nitrogens with one attached hydrogen (secondary N) is 1. The molecular weight excluding hydrogens is 368 g/mol. The average Bonchev–Trinajstić information content (AvgIpc) is 3.00. The molecule has 1 radical (unpaired) electrons. The number of amides is 2. The van der Waals surface area contributed by atoms with Gasteiger partial charge in [0, 0.05) is 28.8 Å². The van der Waals surface area contributed by atoms with Crippen LogP contribution in [0.5, 0.6) is 0 Å². The van der Waals surface area contributed by atoms with E-state index in [2.05, 4.69) is 11.4 Å². The van der Waals surface area contributed by atoms with Crippen LogP contribution in [-0.2, 0) is 21.6 Å². The minimum absolute atomic E-state index is 0. The monoisotopic (exact) mass is 383 g/mol. The van der Waals surface area contributed by atoms with Gasteiger partial charge in [0.15, 0.2) is 0 Å². The summed E-state index contributed by atoms with van der Waals surface area (Å²) in [5.74, 6) is -0.847. The number of rotatable bonds is 3. The van der Waals surface area contributed by atoms with E-state index in [4.69, 9.17) is 5.26 Å². The summed E-state index contributed by atoms with van der Waals surface area (Å²) in [5.41, 5.74) is 0.443. The number of halogens is 1. The Balaban J connectivity index is 0.00000225. The summed E-state index contributed by atoms with van der Waals surface area (Å²) in [5, 5.41) is 13.1. The van der Waals surface area contributed by atoms with Crippen molar-refractivity contribution < 1.29 is 30.8 Å². The maximum atomic E-state index is 13.4. The Morgan fingerprint density at radius 2 is 2.16 bits per heavy atom. The van der Waals surface area contributed by atoms with Gasteiger partial charge in [0.2, 0.25) is 11.8 Å². The molecule has 0 spiro atoms. The van der Waals surface area contributed by atoms with E-state index in [1.807, 2.05) is 18.2 Å². The molecule has 0 aromatic heterocycles. The van der Waals surface area contributed by atoms with Gasteiger partial charge in [0.05, 0.1) is 19.2 Å². The molecular formula is C18H15CoFN3O2-. The topological polar surface area (TPSA) is 73.2 Å². The van der Waals surface area contributed by atoms with Crippen molar-refractivity contribution in [3.8, 4) is 6.07 Å². The summed E-state index contributed by atoms with van der Waals surface area (Å²) in [7, 11) is 0. The van der Waals surface area contributed by atoms with E-state index in [9.17, 15) is 14.0 Å². The summed E-state index contributed by atoms with van der Waals surface area (Å²) < 4.78 is 13.4. The van der Waals surface area contributed by atoms with Gasteiger partial charge < -0.3 is 10.2 Å². The standard InChI is InChI=1S/C18H15FN3O2.Co/c19-13-8-14(9-20)22(11-13)17(23)10-21-18(24)16-7-3-5-12-4-1-2-6-15(12)16;/h1-3,5-7,13-14H,8,10-11H2,(H,21,24);/q-1;/t13?,14-;/m0./s1. The zero-order valence-electron chi connectivity index (χ0n) is 13.2. The first-order valence-electron chi connectivity index (χ1n) is 7.61. The molecule has 3 rings (SSSR count). The van der Waals surface area contributed by atoms with Crippen molar-refractivity contribution in [3.05, 3.63) is 48.0 Å². The van der Waals surface area contributed by atoms with Crippen molar-refractivity contribution >= 4 is 22.6 Å². The third-order valence-electron chi connectivity index (χ3n) is 4.07. The number of alkyl halides is 1. The number of nitrogens with zero attached hydrogens (tertiary/aromatic N) is 2. The minimum atomic E-state index is -1.19. The van der Waals surface area contributed by atoms with Crippen LogP contribution in [0.1, 0.15) is 16.8 Å². The van der Waals surface area contributed by atoms with Gasteiger partial charge in [-0.25, -0.2) is 4.39 Å². The summed E-state index contributed by atoms with van der Waals surface area (Å²) in [6.45, 7) is -0.368. The number of likely N-dealkylation sites (tertiary alicyclic amines) is 1. The normalized spacial score (nSPS) is 19.1. The Hall–Kier alpha value is -2.43. The number of hydrogen-bond acceptors (Lipinski definition) is 3. The Kier molecular flexibility index (Phi) is 6.12. The van der Waals surface area contributed by atoms with E-state index in [0.29, 0.717) is 5.56 Å². The van der Waals surface area contributed by atoms with Crippen molar-refractivity contribution in [2.45, 2.75) is 18.6 Å². The third-order valence-corrected chi connectivity index (χ3v) is 4.07. The molecule has 7 heteroatoms. The molecule has 1 aliphatic rings. The number of benzene rings is 2. The molecule has 1 heterocycles. The fraction of sp³-hybridized carbons (Fsp3) is 0.278. The van der Waals surface area contributed by atoms with Gasteiger partial charge >= 0.3 is 0 Å². The van der Waals surface area contributed by atoms with Crippen LogP contribution in [0.15, 0.2) is 36.4 Å². The number of fused-ring (bicyclic) bond motifs is 1. The fourth-order valence-electron chi connectivity index (χ4n) is 2.89. The zero-order chi connectivity index (χ0) is 17.1. The largest absolute Gasteiger partial charge is 0.344 e. The molecule has 25 heavy (non-hydrogen) atoms. The molecule has 2 aromatic carbocycles. The average molecular weight is 383 g/mol. The second-order valence-electron chi connectivity index (χ2n) is 5.64. The van der Waals surface area contributed by atoms with Gasteiger partial charge in [-0.05, 0) is 0 Å². The van der Waals surface area contributed by atoms with Crippen LogP contribution in [0.3, 0.4) is 0 Å². The van der Waals surface area contributed by atoms with Crippen molar-refractivity contribution in [1.29, 1.82) is 5.26 Å². The number of nitriles is 1. The Bertz CT molecular complexity index is 831. The van der Waals surface area contributed by atoms with Gasteiger partial charge in [-0.1, -0.05) is 11.5 Å². The first kappa shape index (κ1) is 18.9. The van der Waals surface area contributed by atoms with Crippen LogP contribution >= 0.6 is 0 Å². The van der Waals surface area contributed by atoms with Crippen molar-refractivity contribution in [2.75, 3.05) is 13.1 Å². The first-order valence-corrected chi connectivity index (χ1v) is 7.61.